The standard InChI is InChI=1S/C70H62N8O12/c1-3-4-62-76(60(80)39-83-87-62)36-43-8-16-47(17-9-43)66-52-26-28-56(73-52)67(48-18-10-44(11-19-48)37-77-63-33-30-58(69(77)81)85-89-63)54-24-22-50(71-54)65(46-14-6-42(7-15-46)35-75(40-79)61-32-5-41(2)84-88-61)51-23-25-55(72-51)68(57-29-27-53(66)74-57)49-20-12-45(13-21-49)38-78-64-34-31-59(70(78)82)86-90-64/h3-34,40-41,52,57-59,61-64,66,68,72-73H,35-39H2,1-2H3/b4-3-,65-50-,67-56-. The van der Waals surface area contributed by atoms with Crippen LogP contribution in [0.3, 0.4) is 0 Å². The van der Waals surface area contributed by atoms with Crippen LogP contribution in [-0.4, -0.2) is 122 Å². The van der Waals surface area contributed by atoms with E-state index in [1.807, 2.05) is 68.5 Å². The van der Waals surface area contributed by atoms with E-state index in [9.17, 15) is 19.2 Å². The number of hydrogen-bond acceptors (Lipinski definition) is 15. The van der Waals surface area contributed by atoms with Crippen molar-refractivity contribution >= 4 is 46.7 Å². The van der Waals surface area contributed by atoms with E-state index in [2.05, 4.69) is 132 Å². The molecule has 12 aliphatic heterocycles. The van der Waals surface area contributed by atoms with Gasteiger partial charge in [-0.25, -0.2) is 44.1 Å². The van der Waals surface area contributed by atoms with E-state index in [-0.39, 0.29) is 60.9 Å². The average Bonchev–Trinajstić information content (AvgIpc) is 2.32. The van der Waals surface area contributed by atoms with E-state index in [1.54, 1.807) is 32.9 Å². The Morgan fingerprint density at radius 3 is 1.84 bits per heavy atom. The van der Waals surface area contributed by atoms with Crippen LogP contribution in [-0.2, 0) is 84.5 Å². The molecule has 11 unspecified atom stereocenters. The summed E-state index contributed by atoms with van der Waals surface area (Å²) < 4.78 is 0. The molecule has 0 aliphatic carbocycles. The zero-order chi connectivity index (χ0) is 61.0. The lowest BCUT2D eigenvalue weighted by molar-refractivity contribution is -0.376. The Kier molecular flexibility index (Phi) is 15.3. The SMILES string of the molecule is C/C=C\C1OOCC(=O)N1Cc1ccc(C2C3=NC(C=C3)C(c3ccc(CN4C(=O)C5C=CC4OO5)cc3)c3ccc([nH]3)/C(c3ccc(CN(C=O)C4C=CC(C)OO4)cc3)=C3/C=CC(=N3)/C(c3ccc(CN4C(=O)C5C=CC4OO5)cc3)=C3/C=CC2N3)cc1. The van der Waals surface area contributed by atoms with Crippen molar-refractivity contribution < 1.29 is 58.3 Å². The normalized spacial score (nSPS) is 29.7. The van der Waals surface area contributed by atoms with Gasteiger partial charge >= 0.3 is 0 Å². The van der Waals surface area contributed by atoms with Gasteiger partial charge < -0.3 is 29.9 Å². The molecule has 3 saturated heterocycles. The quantitative estimate of drug-likeness (QED) is 0.0573. The maximum Gasteiger partial charge on any atom is 0.261 e. The molecule has 12 bridgehead atoms. The lowest BCUT2D eigenvalue weighted by Gasteiger charge is -2.39. The first-order valence-electron chi connectivity index (χ1n) is 30.2. The Balaban J connectivity index is 0.837. The number of aliphatic imine (C=N–C) groups is 2. The van der Waals surface area contributed by atoms with Crippen LogP contribution in [0.5, 0.6) is 0 Å². The highest BCUT2D eigenvalue weighted by Gasteiger charge is 2.42. The minimum Gasteiger partial charge on any atom is -0.377 e. The van der Waals surface area contributed by atoms with Crippen molar-refractivity contribution in [1.29, 1.82) is 0 Å². The first kappa shape index (κ1) is 57.0. The van der Waals surface area contributed by atoms with Gasteiger partial charge in [0.2, 0.25) is 6.41 Å². The molecule has 3 fully saturated rings. The molecule has 0 saturated carbocycles. The number of nitrogens with zero attached hydrogens (tertiary/aromatic N) is 6. The summed E-state index contributed by atoms with van der Waals surface area (Å²) in [7, 11) is 0. The fraction of sp³-hybridized carbons (Fsp3) is 0.257. The van der Waals surface area contributed by atoms with E-state index in [0.717, 1.165) is 96.3 Å². The molecule has 90 heavy (non-hydrogen) atoms. The second kappa shape index (κ2) is 24.1. The zero-order valence-electron chi connectivity index (χ0n) is 49.0. The van der Waals surface area contributed by atoms with E-state index in [1.165, 1.54) is 4.90 Å². The zero-order valence-corrected chi connectivity index (χ0v) is 49.0. The summed E-state index contributed by atoms with van der Waals surface area (Å²) in [6.07, 6.45) is 23.6. The molecule has 0 radical (unpaired) electrons. The molecule has 4 amide bonds. The topological polar surface area (TPSA) is 208 Å². The largest absolute Gasteiger partial charge is 0.377 e. The van der Waals surface area contributed by atoms with Crippen LogP contribution < -0.4 is 5.32 Å². The number of aromatic amines is 1. The van der Waals surface area contributed by atoms with Gasteiger partial charge in [-0.1, -0.05) is 121 Å². The highest BCUT2D eigenvalue weighted by atomic mass is 17.2. The van der Waals surface area contributed by atoms with Crippen molar-refractivity contribution in [3.05, 3.63) is 262 Å². The van der Waals surface area contributed by atoms with E-state index < -0.39 is 37.1 Å². The van der Waals surface area contributed by atoms with Gasteiger partial charge in [0.15, 0.2) is 43.7 Å². The van der Waals surface area contributed by atoms with Crippen molar-refractivity contribution in [2.75, 3.05) is 6.61 Å². The summed E-state index contributed by atoms with van der Waals surface area (Å²) in [6, 6.07) is 36.6. The Morgan fingerprint density at radius 2 is 1.23 bits per heavy atom. The van der Waals surface area contributed by atoms with Gasteiger partial charge in [0.05, 0.1) is 29.4 Å². The predicted molar refractivity (Wildman–Crippen MR) is 328 cm³/mol. The molecule has 0 spiro atoms. The van der Waals surface area contributed by atoms with Crippen molar-refractivity contribution in [1.82, 2.24) is 29.9 Å². The molecule has 20 heteroatoms. The molecular weight excluding hydrogens is 1140 g/mol. The molecule has 2 N–H and O–H groups in total. The van der Waals surface area contributed by atoms with Gasteiger partial charge in [-0.05, 0) is 131 Å². The lowest BCUT2D eigenvalue weighted by Crippen LogP contribution is -2.53. The molecular formula is C70H62N8O12. The van der Waals surface area contributed by atoms with Crippen LogP contribution in [0.2, 0.25) is 0 Å². The predicted octanol–water partition coefficient (Wildman–Crippen LogP) is 8.53. The number of hydrogen-bond donors (Lipinski definition) is 2. The van der Waals surface area contributed by atoms with Gasteiger partial charge in [-0.2, -0.15) is 0 Å². The van der Waals surface area contributed by atoms with Crippen molar-refractivity contribution in [3.8, 4) is 0 Å². The number of H-pyrrole nitrogens is 1. The second-order valence-corrected chi connectivity index (χ2v) is 23.4. The van der Waals surface area contributed by atoms with Crippen molar-refractivity contribution in [2.45, 2.75) is 107 Å². The smallest absolute Gasteiger partial charge is 0.261 e. The number of allylic oxidation sites excluding steroid dienone is 6. The third-order valence-electron chi connectivity index (χ3n) is 17.6. The van der Waals surface area contributed by atoms with E-state index in [4.69, 9.17) is 49.1 Å². The highest BCUT2D eigenvalue weighted by molar-refractivity contribution is 6.32. The third-order valence-corrected chi connectivity index (χ3v) is 17.6. The number of amides is 4. The molecule has 20 nitrogen and oxygen atoms in total. The van der Waals surface area contributed by atoms with Gasteiger partial charge in [-0.15, -0.1) is 0 Å². The highest BCUT2D eigenvalue weighted by Crippen LogP contribution is 2.41. The minimum atomic E-state index is -0.774. The van der Waals surface area contributed by atoms with Crippen molar-refractivity contribution in [3.63, 3.8) is 0 Å². The van der Waals surface area contributed by atoms with Crippen LogP contribution in [0.1, 0.15) is 81.6 Å². The van der Waals surface area contributed by atoms with E-state index in [0.29, 0.717) is 19.6 Å². The molecule has 5 aromatic rings. The minimum absolute atomic E-state index is 0.150. The van der Waals surface area contributed by atoms with E-state index >= 15 is 0 Å². The van der Waals surface area contributed by atoms with Crippen LogP contribution in [0, 0.1) is 0 Å². The number of nitrogens with one attached hydrogen (secondary N) is 2. The summed E-state index contributed by atoms with van der Waals surface area (Å²) in [5, 5.41) is 3.97. The Labute approximate surface area is 518 Å². The fourth-order valence-electron chi connectivity index (χ4n) is 13.0. The monoisotopic (exact) mass is 1210 g/mol. The molecule has 13 heterocycles. The van der Waals surface area contributed by atoms with Gasteiger partial charge in [-0.3, -0.25) is 24.2 Å². The molecule has 454 valence electrons. The fourth-order valence-corrected chi connectivity index (χ4v) is 13.0. The Morgan fingerprint density at radius 1 is 0.600 bits per heavy atom. The lowest BCUT2D eigenvalue weighted by atomic mass is 9.87. The summed E-state index contributed by atoms with van der Waals surface area (Å²) in [5.41, 5.74) is 14.0. The molecule has 4 aromatic carbocycles. The van der Waals surface area contributed by atoms with Crippen LogP contribution in [0.25, 0.3) is 11.1 Å². The van der Waals surface area contributed by atoms with Gasteiger partial charge in [0.25, 0.3) is 17.7 Å². The maximum atomic E-state index is 13.3. The second-order valence-electron chi connectivity index (χ2n) is 23.4. The summed E-state index contributed by atoms with van der Waals surface area (Å²) in [5.74, 6) is -1.10. The number of rotatable bonds is 15. The summed E-state index contributed by atoms with van der Waals surface area (Å²) in [6.45, 7) is 4.80. The van der Waals surface area contributed by atoms with Gasteiger partial charge in [0, 0.05) is 66.0 Å². The number of benzene rings is 4. The van der Waals surface area contributed by atoms with Crippen LogP contribution in [0.15, 0.2) is 216 Å². The summed E-state index contributed by atoms with van der Waals surface area (Å²) >= 11 is 0. The number of carbonyl (C=O) groups excluding carboxylic acids is 4. The van der Waals surface area contributed by atoms with Gasteiger partial charge in [0.1, 0.15) is 6.10 Å². The molecule has 11 atom stereocenters. The Bertz CT molecular complexity index is 4030. The van der Waals surface area contributed by atoms with Crippen LogP contribution >= 0.6 is 0 Å². The molecule has 1 aromatic heterocycles. The number of carbonyl (C=O) groups is 4. The first-order chi connectivity index (χ1) is 44.1. The van der Waals surface area contributed by atoms with Crippen molar-refractivity contribution in [2.24, 2.45) is 9.98 Å². The number of fused-ring (bicyclic) bond motifs is 10. The Hall–Kier alpha value is -9.48. The third kappa shape index (κ3) is 11.0. The first-order valence-corrected chi connectivity index (χ1v) is 30.2. The van der Waals surface area contributed by atoms with Crippen LogP contribution in [0.4, 0.5) is 0 Å². The average molecular weight is 1210 g/mol. The number of aromatic nitrogens is 1. The molecule has 17 rings (SSSR count). The molecule has 12 aliphatic rings. The summed E-state index contributed by atoms with van der Waals surface area (Å²) in [4.78, 5) is 117. The maximum absolute atomic E-state index is 13.3.